The molecule has 2 heterocycles. The summed E-state index contributed by atoms with van der Waals surface area (Å²) < 4.78 is 43.0. The molecular weight excluding hydrogens is 591 g/mol. The fraction of sp³-hybridized carbons (Fsp3) is 0.467. The largest absolute Gasteiger partial charge is 0.435 e. The van der Waals surface area contributed by atoms with Gasteiger partial charge in [0.25, 0.3) is 11.8 Å². The molecule has 3 amide bonds. The van der Waals surface area contributed by atoms with Gasteiger partial charge in [-0.05, 0) is 69.2 Å². The highest BCUT2D eigenvalue weighted by atomic mass is 19.4. The molecule has 2 fully saturated rings. The third kappa shape index (κ3) is 7.01. The monoisotopic (exact) mass is 625 g/mol. The summed E-state index contributed by atoms with van der Waals surface area (Å²) in [5, 5.41) is 21.2. The first kappa shape index (κ1) is 31.7. The summed E-state index contributed by atoms with van der Waals surface area (Å²) >= 11 is 0. The van der Waals surface area contributed by atoms with Crippen LogP contribution in [0.3, 0.4) is 0 Å². The van der Waals surface area contributed by atoms with Crippen molar-refractivity contribution in [3.05, 3.63) is 53.2 Å². The number of nitriles is 1. The molecule has 5 rings (SSSR count). The van der Waals surface area contributed by atoms with Crippen LogP contribution in [0.15, 0.2) is 30.6 Å². The second-order valence-corrected chi connectivity index (χ2v) is 11.7. The molecule has 0 spiro atoms. The van der Waals surface area contributed by atoms with Gasteiger partial charge in [0.2, 0.25) is 5.91 Å². The molecule has 0 bridgehead atoms. The van der Waals surface area contributed by atoms with Gasteiger partial charge < -0.3 is 26.3 Å². The number of rotatable bonds is 8. The number of halogens is 3. The second-order valence-electron chi connectivity index (χ2n) is 11.7. The quantitative estimate of drug-likeness (QED) is 0.297. The van der Waals surface area contributed by atoms with Gasteiger partial charge in [-0.1, -0.05) is 0 Å². The van der Waals surface area contributed by atoms with E-state index in [1.807, 2.05) is 0 Å². The maximum absolute atomic E-state index is 13.6. The van der Waals surface area contributed by atoms with E-state index in [9.17, 15) is 27.6 Å². The molecule has 15 heteroatoms. The van der Waals surface area contributed by atoms with E-state index in [4.69, 9.17) is 11.0 Å². The van der Waals surface area contributed by atoms with Crippen LogP contribution in [-0.4, -0.2) is 55.2 Å². The van der Waals surface area contributed by atoms with Crippen molar-refractivity contribution in [2.45, 2.75) is 76.3 Å². The van der Waals surface area contributed by atoms with E-state index in [1.165, 1.54) is 11.6 Å². The van der Waals surface area contributed by atoms with Gasteiger partial charge in [0.05, 0.1) is 23.5 Å². The predicted molar refractivity (Wildman–Crippen MR) is 157 cm³/mol. The second kappa shape index (κ2) is 12.7. The Hall–Kier alpha value is -4.71. The van der Waals surface area contributed by atoms with Gasteiger partial charge >= 0.3 is 6.18 Å². The minimum atomic E-state index is -4.78. The van der Waals surface area contributed by atoms with Gasteiger partial charge in [-0.15, -0.1) is 0 Å². The van der Waals surface area contributed by atoms with Crippen LogP contribution in [0.5, 0.6) is 0 Å². The van der Waals surface area contributed by atoms with Crippen LogP contribution < -0.4 is 21.7 Å². The normalized spacial score (nSPS) is 21.4. The number of hydrogen-bond acceptors (Lipinski definition) is 7. The fourth-order valence-electron chi connectivity index (χ4n) is 5.87. The van der Waals surface area contributed by atoms with Crippen LogP contribution in [0.2, 0.25) is 0 Å². The van der Waals surface area contributed by atoms with E-state index in [1.54, 1.807) is 31.2 Å². The Bertz CT molecular complexity index is 1640. The molecule has 12 nitrogen and oxygen atoms in total. The minimum Gasteiger partial charge on any atom is -0.353 e. The van der Waals surface area contributed by atoms with Crippen molar-refractivity contribution in [3.63, 3.8) is 0 Å². The van der Waals surface area contributed by atoms with Crippen LogP contribution in [-0.2, 0) is 24.6 Å². The summed E-state index contributed by atoms with van der Waals surface area (Å²) in [7, 11) is 1.41. The molecule has 1 aromatic carbocycles. The lowest BCUT2D eigenvalue weighted by Gasteiger charge is -2.34. The number of aryl methyl sites for hydroxylation is 1. The molecular formula is C30H34F3N9O3. The van der Waals surface area contributed by atoms with Crippen molar-refractivity contribution in [2.24, 2.45) is 18.7 Å². The first-order valence-electron chi connectivity index (χ1n) is 14.7. The average molecular weight is 626 g/mol. The van der Waals surface area contributed by atoms with E-state index in [-0.39, 0.29) is 59.5 Å². The number of aromatic nitrogens is 4. The van der Waals surface area contributed by atoms with Gasteiger partial charge in [0.15, 0.2) is 11.5 Å². The molecule has 45 heavy (non-hydrogen) atoms. The molecule has 0 radical (unpaired) electrons. The molecule has 0 atom stereocenters. The van der Waals surface area contributed by atoms with Gasteiger partial charge in [-0.3, -0.25) is 19.1 Å². The average Bonchev–Trinajstić information content (AvgIpc) is 3.56. The molecule has 2 aliphatic carbocycles. The zero-order valence-corrected chi connectivity index (χ0v) is 24.8. The zero-order valence-electron chi connectivity index (χ0n) is 24.8. The van der Waals surface area contributed by atoms with Crippen molar-refractivity contribution in [2.75, 3.05) is 5.32 Å². The summed E-state index contributed by atoms with van der Waals surface area (Å²) in [5.74, 6) is -0.980. The number of alkyl halides is 3. The fourth-order valence-corrected chi connectivity index (χ4v) is 5.87. The number of nitrogens with zero attached hydrogens (tertiary/aromatic N) is 5. The number of carbonyl (C=O) groups is 3. The van der Waals surface area contributed by atoms with Crippen LogP contribution in [0, 0.1) is 24.2 Å². The van der Waals surface area contributed by atoms with Gasteiger partial charge in [-0.25, -0.2) is 4.98 Å². The maximum Gasteiger partial charge on any atom is 0.435 e. The van der Waals surface area contributed by atoms with Crippen molar-refractivity contribution >= 4 is 23.4 Å². The summed E-state index contributed by atoms with van der Waals surface area (Å²) in [5.41, 5.74) is 5.72. The van der Waals surface area contributed by atoms with E-state index < -0.39 is 17.8 Å². The number of benzene rings is 1. The maximum atomic E-state index is 13.6. The number of imidazole rings is 1. The third-order valence-corrected chi connectivity index (χ3v) is 8.41. The number of nitrogens with one attached hydrogen (secondary N) is 3. The Kier molecular flexibility index (Phi) is 8.96. The summed E-state index contributed by atoms with van der Waals surface area (Å²) in [6.07, 6.45) is 1.93. The number of anilines is 1. The first-order valence-corrected chi connectivity index (χ1v) is 14.7. The van der Waals surface area contributed by atoms with E-state index in [0.29, 0.717) is 16.8 Å². The lowest BCUT2D eigenvalue weighted by molar-refractivity contribution is -0.141. The van der Waals surface area contributed by atoms with Crippen molar-refractivity contribution in [3.8, 4) is 17.3 Å². The highest BCUT2D eigenvalue weighted by molar-refractivity contribution is 6.03. The summed E-state index contributed by atoms with van der Waals surface area (Å²) in [6, 6.07) is 6.72. The van der Waals surface area contributed by atoms with Crippen molar-refractivity contribution < 1.29 is 27.6 Å². The van der Waals surface area contributed by atoms with Crippen molar-refractivity contribution in [1.29, 1.82) is 5.26 Å². The van der Waals surface area contributed by atoms with Crippen LogP contribution in [0.1, 0.15) is 70.8 Å². The summed E-state index contributed by atoms with van der Waals surface area (Å²) in [6.45, 7) is 1.36. The SMILES string of the molecule is Cc1cc(NC(=O)c2ncc(-c3cn(CC#N)nc3C(F)(F)F)n2C)ccc1C(=O)N[C@H]1CC[C@@H](NC(=O)[C@H]2C[C@H](N)C2)CC1. The number of amides is 3. The molecule has 2 aromatic heterocycles. The van der Waals surface area contributed by atoms with Crippen LogP contribution in [0.25, 0.3) is 11.3 Å². The smallest absolute Gasteiger partial charge is 0.353 e. The molecule has 238 valence electrons. The van der Waals surface area contributed by atoms with E-state index in [2.05, 4.69) is 26.0 Å². The molecule has 5 N–H and O–H groups in total. The predicted octanol–water partition coefficient (Wildman–Crippen LogP) is 3.28. The number of carbonyl (C=O) groups excluding carboxylic acids is 3. The molecule has 0 unspecified atom stereocenters. The first-order chi connectivity index (χ1) is 21.3. The Labute approximate surface area is 257 Å². The highest BCUT2D eigenvalue weighted by Crippen LogP contribution is 2.36. The molecule has 0 saturated heterocycles. The Morgan fingerprint density at radius 2 is 1.76 bits per heavy atom. The Balaban J connectivity index is 1.18. The number of hydrogen-bond donors (Lipinski definition) is 4. The van der Waals surface area contributed by atoms with Crippen LogP contribution in [0.4, 0.5) is 18.9 Å². The number of nitrogens with two attached hydrogens (primary N) is 1. The molecule has 2 saturated carbocycles. The van der Waals surface area contributed by atoms with Crippen molar-refractivity contribution in [1.82, 2.24) is 30.0 Å². The molecule has 0 aliphatic heterocycles. The molecule has 2 aliphatic rings. The lowest BCUT2D eigenvalue weighted by Crippen LogP contribution is -2.49. The molecule has 3 aromatic rings. The lowest BCUT2D eigenvalue weighted by atomic mass is 9.80. The minimum absolute atomic E-state index is 0.000576. The van der Waals surface area contributed by atoms with E-state index >= 15 is 0 Å². The Morgan fingerprint density at radius 3 is 2.36 bits per heavy atom. The van der Waals surface area contributed by atoms with Crippen LogP contribution >= 0.6 is 0 Å². The van der Waals surface area contributed by atoms with Gasteiger partial charge in [0.1, 0.15) is 6.54 Å². The zero-order chi connectivity index (χ0) is 32.5. The third-order valence-electron chi connectivity index (χ3n) is 8.41. The van der Waals surface area contributed by atoms with Gasteiger partial charge in [-0.2, -0.15) is 23.5 Å². The Morgan fingerprint density at radius 1 is 1.09 bits per heavy atom. The highest BCUT2D eigenvalue weighted by Gasteiger charge is 2.39. The van der Waals surface area contributed by atoms with E-state index in [0.717, 1.165) is 55.6 Å². The summed E-state index contributed by atoms with van der Waals surface area (Å²) in [4.78, 5) is 42.4. The standard InChI is InChI=1S/C30H34F3N9O3/c1-16-11-21(7-8-22(16)28(44)38-20-5-3-19(4-6-20)37-27(43)17-12-18(35)13-17)39-29(45)26-36-14-24(41(26)2)23-15-42(10-9-34)40-25(23)30(31,32)33/h7-8,11,14-15,17-20H,3-6,10,12-13,35H2,1-2H3,(H,37,43)(H,38,44)(H,39,45)/t17-,18-,19-,20+. The topological polar surface area (TPSA) is 173 Å². The van der Waals surface area contributed by atoms with Gasteiger partial charge in [0, 0.05) is 48.5 Å².